The Kier molecular flexibility index (Phi) is 5.80. The maximum absolute atomic E-state index is 5.07. The molecule has 1 aliphatic rings. The number of hydrogen-bond acceptors (Lipinski definition) is 3. The normalized spacial score (nSPS) is 13.1. The number of nitrogens with zero attached hydrogens (tertiary/aromatic N) is 3. The molecular weight excluding hydrogens is 522 g/mol. The monoisotopic (exact) mass is 551 g/mol. The number of benzene rings is 5. The average Bonchev–Trinajstić information content (AvgIpc) is 3.30. The summed E-state index contributed by atoms with van der Waals surface area (Å²) in [5, 5.41) is 2.56. The van der Waals surface area contributed by atoms with Gasteiger partial charge >= 0.3 is 0 Å². The summed E-state index contributed by atoms with van der Waals surface area (Å²) in [6.45, 7) is 4.69. The zero-order valence-electron chi connectivity index (χ0n) is 24.1. The van der Waals surface area contributed by atoms with E-state index < -0.39 is 0 Å². The molecule has 43 heavy (non-hydrogen) atoms. The molecule has 0 radical (unpaired) electrons. The fraction of sp³-hybridized carbons (Fsp3) is 0.0750. The Hall–Kier alpha value is -5.41. The van der Waals surface area contributed by atoms with Crippen LogP contribution in [0.25, 0.3) is 66.9 Å². The summed E-state index contributed by atoms with van der Waals surface area (Å²) in [4.78, 5) is 14.2. The fourth-order valence-electron chi connectivity index (χ4n) is 6.54. The van der Waals surface area contributed by atoms with E-state index in [0.29, 0.717) is 5.82 Å². The van der Waals surface area contributed by atoms with Gasteiger partial charge in [0.2, 0.25) is 0 Å². The Bertz CT molecular complexity index is 2090. The molecule has 2 aromatic heterocycles. The number of pyridine rings is 1. The van der Waals surface area contributed by atoms with E-state index >= 15 is 0 Å². The number of rotatable bonds is 4. The summed E-state index contributed by atoms with van der Waals surface area (Å²) in [6, 6.07) is 45.2. The molecule has 0 saturated carbocycles. The first kappa shape index (κ1) is 25.3. The molecule has 204 valence electrons. The highest BCUT2D eigenvalue weighted by Crippen LogP contribution is 2.53. The van der Waals surface area contributed by atoms with E-state index in [-0.39, 0.29) is 5.41 Å². The summed E-state index contributed by atoms with van der Waals surface area (Å²) in [5.74, 6) is 0.707. The lowest BCUT2D eigenvalue weighted by atomic mass is 9.81. The molecule has 0 aliphatic heterocycles. The quantitative estimate of drug-likeness (QED) is 0.218. The molecule has 1 aliphatic carbocycles. The van der Waals surface area contributed by atoms with Gasteiger partial charge in [-0.3, -0.25) is 4.98 Å². The Morgan fingerprint density at radius 2 is 1.12 bits per heavy atom. The number of fused-ring (bicyclic) bond motifs is 4. The van der Waals surface area contributed by atoms with Crippen molar-refractivity contribution >= 4 is 10.8 Å². The summed E-state index contributed by atoms with van der Waals surface area (Å²) in [5.41, 5.74) is 12.6. The molecule has 0 saturated heterocycles. The second-order valence-electron chi connectivity index (χ2n) is 11.7. The van der Waals surface area contributed by atoms with Crippen molar-refractivity contribution in [1.29, 1.82) is 0 Å². The highest BCUT2D eigenvalue weighted by molar-refractivity contribution is 5.98. The van der Waals surface area contributed by atoms with Gasteiger partial charge in [0.15, 0.2) is 5.82 Å². The topological polar surface area (TPSA) is 38.7 Å². The van der Waals surface area contributed by atoms with Gasteiger partial charge in [-0.05, 0) is 80.6 Å². The second kappa shape index (κ2) is 9.85. The Balaban J connectivity index is 1.30. The van der Waals surface area contributed by atoms with Gasteiger partial charge in [0.05, 0.1) is 11.4 Å². The number of aromatic nitrogens is 3. The van der Waals surface area contributed by atoms with Crippen LogP contribution in [-0.2, 0) is 5.41 Å². The highest BCUT2D eigenvalue weighted by atomic mass is 14.9. The van der Waals surface area contributed by atoms with Crippen molar-refractivity contribution in [2.24, 2.45) is 0 Å². The van der Waals surface area contributed by atoms with Crippen LogP contribution < -0.4 is 0 Å². The first-order valence-corrected chi connectivity index (χ1v) is 14.7. The van der Waals surface area contributed by atoms with E-state index in [9.17, 15) is 0 Å². The predicted molar refractivity (Wildman–Crippen MR) is 177 cm³/mol. The SMILES string of the molecule is CC1(C)c2cc3ccccc3cc2-c2c(-c3cccc(-c4cc(-c5ccncc5)nc(-c5ccccc5)n4)c3)cccc21. The zero-order chi connectivity index (χ0) is 29.0. The molecule has 7 aromatic rings. The van der Waals surface area contributed by atoms with Crippen molar-refractivity contribution < 1.29 is 0 Å². The molecule has 0 fully saturated rings. The smallest absolute Gasteiger partial charge is 0.160 e. The van der Waals surface area contributed by atoms with E-state index in [1.54, 1.807) is 12.4 Å². The first-order valence-electron chi connectivity index (χ1n) is 14.7. The molecule has 0 bridgehead atoms. The van der Waals surface area contributed by atoms with Gasteiger partial charge in [-0.25, -0.2) is 9.97 Å². The Labute approximate surface area is 251 Å². The molecule has 0 amide bonds. The molecule has 3 nitrogen and oxygen atoms in total. The summed E-state index contributed by atoms with van der Waals surface area (Å²) in [7, 11) is 0. The maximum Gasteiger partial charge on any atom is 0.160 e. The summed E-state index contributed by atoms with van der Waals surface area (Å²) in [6.07, 6.45) is 3.61. The van der Waals surface area contributed by atoms with Crippen molar-refractivity contribution in [3.63, 3.8) is 0 Å². The summed E-state index contributed by atoms with van der Waals surface area (Å²) >= 11 is 0. The first-order chi connectivity index (χ1) is 21.1. The van der Waals surface area contributed by atoms with Gasteiger partial charge in [0.25, 0.3) is 0 Å². The molecule has 2 heterocycles. The van der Waals surface area contributed by atoms with Crippen LogP contribution in [0.2, 0.25) is 0 Å². The van der Waals surface area contributed by atoms with Crippen LogP contribution in [-0.4, -0.2) is 15.0 Å². The molecular formula is C40H29N3. The van der Waals surface area contributed by atoms with Crippen LogP contribution >= 0.6 is 0 Å². The van der Waals surface area contributed by atoms with Crippen LogP contribution in [0.4, 0.5) is 0 Å². The van der Waals surface area contributed by atoms with Gasteiger partial charge in [0, 0.05) is 34.5 Å². The van der Waals surface area contributed by atoms with Gasteiger partial charge in [-0.2, -0.15) is 0 Å². The van der Waals surface area contributed by atoms with E-state index in [0.717, 1.165) is 28.1 Å². The second-order valence-corrected chi connectivity index (χ2v) is 11.7. The van der Waals surface area contributed by atoms with Crippen molar-refractivity contribution in [1.82, 2.24) is 15.0 Å². The maximum atomic E-state index is 5.07. The van der Waals surface area contributed by atoms with Gasteiger partial charge in [-0.1, -0.05) is 105 Å². The Morgan fingerprint density at radius 1 is 0.465 bits per heavy atom. The highest BCUT2D eigenvalue weighted by Gasteiger charge is 2.37. The standard InChI is InChI=1S/C40H29N3/c1-40(2)34-17-9-16-32(38(34)33-23-28-12-6-7-13-29(28)24-35(33)40)30-14-8-15-31(22-30)37-25-36(26-18-20-41-21-19-26)42-39(43-37)27-10-4-3-5-11-27/h3-25H,1-2H3. The average molecular weight is 552 g/mol. The molecule has 0 N–H and O–H groups in total. The third kappa shape index (κ3) is 4.24. The predicted octanol–water partition coefficient (Wildman–Crippen LogP) is 10.00. The minimum atomic E-state index is -0.0843. The summed E-state index contributed by atoms with van der Waals surface area (Å²) < 4.78 is 0. The van der Waals surface area contributed by atoms with Gasteiger partial charge in [0.1, 0.15) is 0 Å². The largest absolute Gasteiger partial charge is 0.265 e. The van der Waals surface area contributed by atoms with Crippen LogP contribution in [0.15, 0.2) is 140 Å². The lowest BCUT2D eigenvalue weighted by Crippen LogP contribution is -2.14. The molecule has 8 rings (SSSR count). The van der Waals surface area contributed by atoms with Crippen molar-refractivity contribution in [3.8, 4) is 56.2 Å². The molecule has 5 aromatic carbocycles. The van der Waals surface area contributed by atoms with Crippen molar-refractivity contribution in [2.75, 3.05) is 0 Å². The van der Waals surface area contributed by atoms with E-state index in [4.69, 9.17) is 9.97 Å². The number of hydrogen-bond donors (Lipinski definition) is 0. The van der Waals surface area contributed by atoms with Crippen LogP contribution in [0.1, 0.15) is 25.0 Å². The van der Waals surface area contributed by atoms with Crippen molar-refractivity contribution in [3.05, 3.63) is 151 Å². The van der Waals surface area contributed by atoms with Crippen LogP contribution in [0.3, 0.4) is 0 Å². The van der Waals surface area contributed by atoms with Gasteiger partial charge in [-0.15, -0.1) is 0 Å². The van der Waals surface area contributed by atoms with Crippen molar-refractivity contribution in [2.45, 2.75) is 19.3 Å². The molecule has 0 atom stereocenters. The lowest BCUT2D eigenvalue weighted by Gasteiger charge is -2.22. The lowest BCUT2D eigenvalue weighted by molar-refractivity contribution is 0.661. The van der Waals surface area contributed by atoms with Crippen LogP contribution in [0, 0.1) is 0 Å². The molecule has 3 heteroatoms. The third-order valence-corrected chi connectivity index (χ3v) is 8.77. The molecule has 0 unspecified atom stereocenters. The molecule has 0 spiro atoms. The van der Waals surface area contributed by atoms with E-state index in [2.05, 4.69) is 116 Å². The minimum absolute atomic E-state index is 0.0843. The third-order valence-electron chi connectivity index (χ3n) is 8.77. The minimum Gasteiger partial charge on any atom is -0.265 e. The van der Waals surface area contributed by atoms with E-state index in [1.807, 2.05) is 30.3 Å². The fourth-order valence-corrected chi connectivity index (χ4v) is 6.54. The Morgan fingerprint density at radius 3 is 1.91 bits per heavy atom. The zero-order valence-corrected chi connectivity index (χ0v) is 24.1. The van der Waals surface area contributed by atoms with Crippen LogP contribution in [0.5, 0.6) is 0 Å². The van der Waals surface area contributed by atoms with E-state index in [1.165, 1.54) is 44.2 Å². The van der Waals surface area contributed by atoms with Gasteiger partial charge < -0.3 is 0 Å².